The molecule has 0 aromatic heterocycles. The first-order valence-corrected chi connectivity index (χ1v) is 16.6. The molecule has 3 aromatic carbocycles. The summed E-state index contributed by atoms with van der Waals surface area (Å²) in [4.78, 5) is 0.322. The number of aromatic hydroxyl groups is 1. The van der Waals surface area contributed by atoms with Gasteiger partial charge < -0.3 is 20.1 Å². The zero-order chi connectivity index (χ0) is 30.8. The fourth-order valence-electron chi connectivity index (χ4n) is 4.05. The lowest BCUT2D eigenvalue weighted by Crippen LogP contribution is -2.29. The number of phenolic OH excluding ortho intramolecular Hbond substituents is 1. The molecule has 0 amide bonds. The second-order valence-corrected chi connectivity index (χ2v) is 13.6. The molecule has 224 valence electrons. The molecule has 3 rings (SSSR count). The average Bonchev–Trinajstić information content (AvgIpc) is 2.90. The monoisotopic (exact) mass is 630 g/mol. The number of methoxy groups -OCH3 is 1. The number of hydrogen-bond acceptors (Lipinski definition) is 12. The summed E-state index contributed by atoms with van der Waals surface area (Å²) in [7, 11) is -10.9. The highest BCUT2D eigenvalue weighted by molar-refractivity contribution is 7.91. The second-order valence-electron chi connectivity index (χ2n) is 8.72. The van der Waals surface area contributed by atoms with Gasteiger partial charge >= 0.3 is 0 Å². The van der Waals surface area contributed by atoms with Gasteiger partial charge in [-0.3, -0.25) is 9.11 Å². The van der Waals surface area contributed by atoms with Crippen LogP contribution in [0.25, 0.3) is 10.8 Å². The van der Waals surface area contributed by atoms with Gasteiger partial charge in [-0.05, 0) is 54.9 Å². The topological polar surface area (TPSA) is 212 Å². The minimum Gasteiger partial charge on any atom is -0.505 e. The van der Waals surface area contributed by atoms with Crippen molar-refractivity contribution in [2.24, 2.45) is 10.2 Å². The lowest BCUT2D eigenvalue weighted by Gasteiger charge is -2.17. The van der Waals surface area contributed by atoms with Crippen molar-refractivity contribution in [3.05, 3.63) is 36.4 Å². The molecule has 0 aliphatic rings. The van der Waals surface area contributed by atoms with Crippen LogP contribution in [0, 0.1) is 0 Å². The molecule has 14 nitrogen and oxygen atoms in total. The van der Waals surface area contributed by atoms with Crippen LogP contribution in [0.2, 0.25) is 0 Å². The Hall–Kier alpha value is -3.35. The molecule has 3 aromatic rings. The molecule has 0 spiro atoms. The molecule has 0 fully saturated rings. The van der Waals surface area contributed by atoms with Crippen LogP contribution in [-0.2, 0) is 30.1 Å². The summed E-state index contributed by atoms with van der Waals surface area (Å²) in [6.45, 7) is 5.47. The third kappa shape index (κ3) is 7.11. The number of azo groups is 1. The molecule has 4 N–H and O–H groups in total. The van der Waals surface area contributed by atoms with Crippen LogP contribution in [0.1, 0.15) is 13.8 Å². The van der Waals surface area contributed by atoms with Crippen molar-refractivity contribution in [3.63, 3.8) is 0 Å². The highest BCUT2D eigenvalue weighted by atomic mass is 32.2. The van der Waals surface area contributed by atoms with Crippen LogP contribution < -0.4 is 10.1 Å². The molecule has 0 saturated heterocycles. The van der Waals surface area contributed by atoms with Gasteiger partial charge in [0.15, 0.2) is 15.6 Å². The number of nitrogens with zero attached hydrogens (tertiary/aromatic N) is 3. The normalized spacial score (nSPS) is 12.9. The highest BCUT2D eigenvalue weighted by Crippen LogP contribution is 2.45. The maximum atomic E-state index is 13.0. The van der Waals surface area contributed by atoms with Gasteiger partial charge in [-0.1, -0.05) is 13.8 Å². The Balaban J connectivity index is 2.22. The Morgan fingerprint density at radius 2 is 1.56 bits per heavy atom. The minimum atomic E-state index is -5.07. The summed E-state index contributed by atoms with van der Waals surface area (Å²) >= 11 is 0. The van der Waals surface area contributed by atoms with Crippen LogP contribution in [0.4, 0.5) is 17.1 Å². The summed E-state index contributed by atoms with van der Waals surface area (Å²) in [5, 5.41) is 21.2. The Labute approximate surface area is 238 Å². The Kier molecular flexibility index (Phi) is 9.62. The fourth-order valence-corrected chi connectivity index (χ4v) is 6.55. The average molecular weight is 631 g/mol. The number of rotatable bonds is 12. The first kappa shape index (κ1) is 32.2. The zero-order valence-electron chi connectivity index (χ0n) is 22.6. The van der Waals surface area contributed by atoms with Gasteiger partial charge in [-0.2, -0.15) is 16.8 Å². The number of ether oxygens (including phenoxy) is 1. The van der Waals surface area contributed by atoms with Gasteiger partial charge in [-0.15, -0.1) is 10.2 Å². The van der Waals surface area contributed by atoms with E-state index in [1.54, 1.807) is 0 Å². The van der Waals surface area contributed by atoms with Crippen molar-refractivity contribution in [3.8, 4) is 11.5 Å². The van der Waals surface area contributed by atoms with Crippen molar-refractivity contribution < 1.29 is 44.2 Å². The first-order valence-electron chi connectivity index (χ1n) is 12.1. The van der Waals surface area contributed by atoms with Gasteiger partial charge in [0, 0.05) is 24.7 Å². The summed E-state index contributed by atoms with van der Waals surface area (Å²) in [6.07, 6.45) is 0. The van der Waals surface area contributed by atoms with E-state index in [9.17, 15) is 39.5 Å². The van der Waals surface area contributed by atoms with E-state index in [0.717, 1.165) is 18.2 Å². The van der Waals surface area contributed by atoms with E-state index in [-0.39, 0.29) is 38.5 Å². The zero-order valence-corrected chi connectivity index (χ0v) is 25.0. The van der Waals surface area contributed by atoms with Gasteiger partial charge in [0.05, 0.1) is 22.7 Å². The lowest BCUT2D eigenvalue weighted by molar-refractivity contribution is 0.321. The number of sulfone groups is 1. The molecule has 0 bridgehead atoms. The standard InChI is InChI=1S/C24H30N4O10S3/c1-5-28(6-2)9-10-39(30,31)16-7-8-20(38-4)18(13-16)26-27-23-21(41(35,36)37)12-15-11-17(40(32,33)34)14-19(25-3)22(15)24(23)29/h7-8,11-14,25,29H,5-6,9-10H2,1-4H3,(H,32,33,34)(H,35,36,37). The molecular formula is C24H30N4O10S3. The van der Waals surface area contributed by atoms with Crippen molar-refractivity contribution in [2.45, 2.75) is 28.5 Å². The number of benzene rings is 3. The molecule has 0 aliphatic heterocycles. The van der Waals surface area contributed by atoms with E-state index in [0.29, 0.717) is 19.6 Å². The molecule has 0 unspecified atom stereocenters. The van der Waals surface area contributed by atoms with Crippen molar-refractivity contribution in [1.29, 1.82) is 0 Å². The SMILES string of the molecule is CCN(CC)CCS(=O)(=O)c1ccc(OC)c(N=Nc2c(S(=O)(=O)O)cc3cc(S(=O)(=O)O)cc(NC)c3c2O)c1. The lowest BCUT2D eigenvalue weighted by atomic mass is 10.1. The quantitative estimate of drug-likeness (QED) is 0.167. The largest absolute Gasteiger partial charge is 0.505 e. The maximum Gasteiger partial charge on any atom is 0.296 e. The van der Waals surface area contributed by atoms with Gasteiger partial charge in [-0.25, -0.2) is 8.42 Å². The fraction of sp³-hybridized carbons (Fsp3) is 0.333. The molecule has 17 heteroatoms. The molecule has 0 atom stereocenters. The smallest absolute Gasteiger partial charge is 0.296 e. The van der Waals surface area contributed by atoms with Crippen LogP contribution >= 0.6 is 0 Å². The highest BCUT2D eigenvalue weighted by Gasteiger charge is 2.25. The minimum absolute atomic E-state index is 0.0233. The number of anilines is 1. The van der Waals surface area contributed by atoms with Gasteiger partial charge in [0.2, 0.25) is 0 Å². The number of phenols is 1. The van der Waals surface area contributed by atoms with E-state index in [2.05, 4.69) is 15.5 Å². The second kappa shape index (κ2) is 12.3. The molecule has 0 radical (unpaired) electrons. The molecular weight excluding hydrogens is 600 g/mol. The summed E-state index contributed by atoms with van der Waals surface area (Å²) < 4.78 is 98.4. The van der Waals surface area contributed by atoms with Crippen LogP contribution in [0.5, 0.6) is 11.5 Å². The predicted molar refractivity (Wildman–Crippen MR) is 152 cm³/mol. The third-order valence-electron chi connectivity index (χ3n) is 6.31. The number of hydrogen-bond donors (Lipinski definition) is 4. The van der Waals surface area contributed by atoms with E-state index in [1.165, 1.54) is 32.4 Å². The Morgan fingerprint density at radius 1 is 0.902 bits per heavy atom. The van der Waals surface area contributed by atoms with Gasteiger partial charge in [0.1, 0.15) is 22.0 Å². The Bertz CT molecular complexity index is 1820. The van der Waals surface area contributed by atoms with Crippen LogP contribution in [0.3, 0.4) is 0 Å². The summed E-state index contributed by atoms with van der Waals surface area (Å²) in [5.41, 5.74) is -0.856. The van der Waals surface area contributed by atoms with E-state index in [4.69, 9.17) is 4.74 Å². The van der Waals surface area contributed by atoms with Crippen molar-refractivity contribution in [2.75, 3.05) is 44.9 Å². The molecule has 0 saturated carbocycles. The van der Waals surface area contributed by atoms with Gasteiger partial charge in [0.25, 0.3) is 20.2 Å². The molecule has 0 aliphatic carbocycles. The van der Waals surface area contributed by atoms with Crippen molar-refractivity contribution in [1.82, 2.24) is 4.90 Å². The number of nitrogens with one attached hydrogen (secondary N) is 1. The molecule has 41 heavy (non-hydrogen) atoms. The maximum absolute atomic E-state index is 13.0. The third-order valence-corrected chi connectivity index (χ3v) is 9.70. The van der Waals surface area contributed by atoms with E-state index < -0.39 is 51.3 Å². The van der Waals surface area contributed by atoms with Crippen LogP contribution in [0.15, 0.2) is 61.3 Å². The van der Waals surface area contributed by atoms with Crippen LogP contribution in [-0.4, -0.2) is 83.9 Å². The van der Waals surface area contributed by atoms with Crippen molar-refractivity contribution >= 4 is 57.9 Å². The summed E-state index contributed by atoms with van der Waals surface area (Å²) in [5.74, 6) is -0.889. The first-order chi connectivity index (χ1) is 19.1. The Morgan fingerprint density at radius 3 is 2.10 bits per heavy atom. The van der Waals surface area contributed by atoms with E-state index in [1.807, 2.05) is 18.7 Å². The number of fused-ring (bicyclic) bond motifs is 1. The molecule has 0 heterocycles. The van der Waals surface area contributed by atoms with E-state index >= 15 is 0 Å². The predicted octanol–water partition coefficient (Wildman–Crippen LogP) is 3.62. The summed E-state index contributed by atoms with van der Waals surface area (Å²) in [6, 6.07) is 6.61.